The first kappa shape index (κ1) is 56.1. The normalized spacial score (nSPS) is 12.4. The summed E-state index contributed by atoms with van der Waals surface area (Å²) in [6.07, 6.45) is 58.7. The second kappa shape index (κ2) is 49.5. The van der Waals surface area contributed by atoms with Gasteiger partial charge in [0.15, 0.2) is 6.10 Å². The van der Waals surface area contributed by atoms with Gasteiger partial charge < -0.3 is 14.2 Å². The minimum Gasteiger partial charge on any atom is -0.462 e. The first-order valence-corrected chi connectivity index (χ1v) is 25.5. The highest BCUT2D eigenvalue weighted by molar-refractivity contribution is 5.70. The Balaban J connectivity index is 4.06. The molecule has 0 radical (unpaired) electrons. The molecule has 5 heteroatoms. The van der Waals surface area contributed by atoms with Crippen LogP contribution in [-0.2, 0) is 23.8 Å². The van der Waals surface area contributed by atoms with Crippen molar-refractivity contribution in [3.63, 3.8) is 0 Å². The molecule has 5 nitrogen and oxygen atoms in total. The van der Waals surface area contributed by atoms with Gasteiger partial charge in [-0.15, -0.1) is 0 Å². The molecule has 0 aliphatic heterocycles. The number of hydrogen-bond donors (Lipinski definition) is 0. The van der Waals surface area contributed by atoms with E-state index < -0.39 is 6.10 Å². The molecule has 0 aromatic carbocycles. The maximum Gasteiger partial charge on any atom is 0.306 e. The van der Waals surface area contributed by atoms with Crippen LogP contribution in [0.3, 0.4) is 0 Å². The van der Waals surface area contributed by atoms with Gasteiger partial charge >= 0.3 is 11.9 Å². The molecule has 0 rings (SSSR count). The van der Waals surface area contributed by atoms with E-state index in [0.29, 0.717) is 19.4 Å². The van der Waals surface area contributed by atoms with E-state index in [2.05, 4.69) is 57.2 Å². The molecule has 0 fully saturated rings. The highest BCUT2D eigenvalue weighted by Gasteiger charge is 2.17. The predicted octanol–water partition coefficient (Wildman–Crippen LogP) is 17.0. The number of rotatable bonds is 47. The Morgan fingerprint density at radius 3 is 1.19 bits per heavy atom. The van der Waals surface area contributed by atoms with Crippen molar-refractivity contribution in [2.75, 3.05) is 19.8 Å². The Morgan fingerprint density at radius 1 is 0.379 bits per heavy atom. The van der Waals surface area contributed by atoms with Crippen LogP contribution in [-0.4, -0.2) is 37.9 Å². The van der Waals surface area contributed by atoms with Crippen molar-refractivity contribution >= 4 is 11.9 Å². The molecule has 0 aliphatic carbocycles. The van der Waals surface area contributed by atoms with Crippen LogP contribution in [0.2, 0.25) is 0 Å². The molecule has 0 bridgehead atoms. The molecule has 0 saturated heterocycles. The highest BCUT2D eigenvalue weighted by Crippen LogP contribution is 2.15. The number of unbranched alkanes of at least 4 members (excludes halogenated alkanes) is 30. The summed E-state index contributed by atoms with van der Waals surface area (Å²) in [6.45, 7) is 7.78. The third kappa shape index (κ3) is 46.8. The predicted molar refractivity (Wildman–Crippen MR) is 252 cm³/mol. The zero-order valence-electron chi connectivity index (χ0n) is 39.1. The van der Waals surface area contributed by atoms with Gasteiger partial charge in [-0.3, -0.25) is 9.59 Å². The lowest BCUT2D eigenvalue weighted by Crippen LogP contribution is -2.30. The Kier molecular flexibility index (Phi) is 47.9. The summed E-state index contributed by atoms with van der Waals surface area (Å²) >= 11 is 0. The average molecular weight is 815 g/mol. The molecule has 0 aliphatic rings. The van der Waals surface area contributed by atoms with Crippen LogP contribution in [0.15, 0.2) is 36.5 Å². The lowest BCUT2D eigenvalue weighted by atomic mass is 10.1. The molecular formula is C53H98O5. The third-order valence-corrected chi connectivity index (χ3v) is 11.1. The number of allylic oxidation sites excluding steroid dienone is 6. The number of esters is 2. The fourth-order valence-electron chi connectivity index (χ4n) is 7.30. The standard InChI is InChI=1S/C53H98O5/c1-4-7-10-13-16-18-20-22-24-26-27-29-30-32-34-36-38-40-43-46-52(54)57-50-51(49-56-48-45-42-15-12-9-6-3)58-53(55)47-44-41-39-37-35-33-31-28-25-23-21-19-17-14-11-8-5-2/h17,19,22-25,51H,4-16,18,20-21,26-50H2,1-3H3/b19-17-,24-22-,25-23-. The van der Waals surface area contributed by atoms with Crippen LogP contribution >= 0.6 is 0 Å². The van der Waals surface area contributed by atoms with E-state index in [1.807, 2.05) is 0 Å². The average Bonchev–Trinajstić information content (AvgIpc) is 3.22. The van der Waals surface area contributed by atoms with Gasteiger partial charge in [-0.05, 0) is 77.0 Å². The molecule has 0 saturated carbocycles. The minimum atomic E-state index is -0.534. The molecule has 1 atom stereocenters. The van der Waals surface area contributed by atoms with Crippen LogP contribution in [0.25, 0.3) is 0 Å². The van der Waals surface area contributed by atoms with E-state index in [4.69, 9.17) is 14.2 Å². The largest absolute Gasteiger partial charge is 0.462 e. The van der Waals surface area contributed by atoms with E-state index in [1.165, 1.54) is 180 Å². The Hall–Kier alpha value is -1.88. The number of ether oxygens (including phenoxy) is 3. The van der Waals surface area contributed by atoms with Crippen molar-refractivity contribution in [3.05, 3.63) is 36.5 Å². The Labute approximate surface area is 361 Å². The summed E-state index contributed by atoms with van der Waals surface area (Å²) < 4.78 is 17.3. The molecular weight excluding hydrogens is 717 g/mol. The molecule has 0 aromatic heterocycles. The Bertz CT molecular complexity index is 924. The maximum absolute atomic E-state index is 12.7. The van der Waals surface area contributed by atoms with Gasteiger partial charge in [-0.25, -0.2) is 0 Å². The van der Waals surface area contributed by atoms with Gasteiger partial charge in [0.25, 0.3) is 0 Å². The van der Waals surface area contributed by atoms with Crippen molar-refractivity contribution in [1.29, 1.82) is 0 Å². The fraction of sp³-hybridized carbons (Fsp3) is 0.849. The van der Waals surface area contributed by atoms with Gasteiger partial charge in [0.2, 0.25) is 0 Å². The van der Waals surface area contributed by atoms with E-state index in [0.717, 1.165) is 51.4 Å². The Morgan fingerprint density at radius 2 is 0.724 bits per heavy atom. The van der Waals surface area contributed by atoms with Gasteiger partial charge in [-0.2, -0.15) is 0 Å². The summed E-state index contributed by atoms with van der Waals surface area (Å²) in [4.78, 5) is 25.3. The lowest BCUT2D eigenvalue weighted by Gasteiger charge is -2.18. The monoisotopic (exact) mass is 815 g/mol. The summed E-state index contributed by atoms with van der Waals surface area (Å²) in [6, 6.07) is 0. The first-order chi connectivity index (χ1) is 28.6. The first-order valence-electron chi connectivity index (χ1n) is 25.5. The van der Waals surface area contributed by atoms with Crippen molar-refractivity contribution in [3.8, 4) is 0 Å². The smallest absolute Gasteiger partial charge is 0.306 e. The van der Waals surface area contributed by atoms with Crippen LogP contribution in [0, 0.1) is 0 Å². The second-order valence-corrected chi connectivity index (χ2v) is 17.1. The van der Waals surface area contributed by atoms with Gasteiger partial charge in [-0.1, -0.05) is 211 Å². The lowest BCUT2D eigenvalue weighted by molar-refractivity contribution is -0.163. The van der Waals surface area contributed by atoms with E-state index in [-0.39, 0.29) is 25.2 Å². The third-order valence-electron chi connectivity index (χ3n) is 11.1. The topological polar surface area (TPSA) is 61.8 Å². The summed E-state index contributed by atoms with van der Waals surface area (Å²) in [5.74, 6) is -0.401. The number of carbonyl (C=O) groups is 2. The minimum absolute atomic E-state index is 0.0843. The second-order valence-electron chi connectivity index (χ2n) is 17.1. The molecule has 58 heavy (non-hydrogen) atoms. The van der Waals surface area contributed by atoms with Crippen molar-refractivity contribution in [2.24, 2.45) is 0 Å². The molecule has 0 aromatic rings. The highest BCUT2D eigenvalue weighted by atomic mass is 16.6. The van der Waals surface area contributed by atoms with Gasteiger partial charge in [0.1, 0.15) is 6.61 Å². The van der Waals surface area contributed by atoms with Crippen LogP contribution < -0.4 is 0 Å². The molecule has 0 N–H and O–H groups in total. The van der Waals surface area contributed by atoms with Crippen molar-refractivity contribution in [2.45, 2.75) is 271 Å². The molecule has 0 heterocycles. The van der Waals surface area contributed by atoms with E-state index >= 15 is 0 Å². The number of carbonyl (C=O) groups excluding carboxylic acids is 2. The van der Waals surface area contributed by atoms with Crippen molar-refractivity contribution < 1.29 is 23.8 Å². The maximum atomic E-state index is 12.7. The molecule has 0 spiro atoms. The molecule has 340 valence electrons. The zero-order valence-corrected chi connectivity index (χ0v) is 39.1. The van der Waals surface area contributed by atoms with Crippen molar-refractivity contribution in [1.82, 2.24) is 0 Å². The van der Waals surface area contributed by atoms with Gasteiger partial charge in [0, 0.05) is 19.4 Å². The van der Waals surface area contributed by atoms with Gasteiger partial charge in [0.05, 0.1) is 6.61 Å². The van der Waals surface area contributed by atoms with Crippen LogP contribution in [0.5, 0.6) is 0 Å². The molecule has 1 unspecified atom stereocenters. The summed E-state index contributed by atoms with van der Waals surface area (Å²) in [5, 5.41) is 0. The SMILES string of the molecule is CCCCC/C=C\C/C=C\CCCCCCCCCC(=O)OC(COCCCCCCCC)COC(=O)CCCCCCCCCCC/C=C\CCCCCCCC. The number of hydrogen-bond acceptors (Lipinski definition) is 5. The van der Waals surface area contributed by atoms with Crippen LogP contribution in [0.1, 0.15) is 265 Å². The van der Waals surface area contributed by atoms with Crippen LogP contribution in [0.4, 0.5) is 0 Å². The zero-order chi connectivity index (χ0) is 42.1. The van der Waals surface area contributed by atoms with E-state index in [1.54, 1.807) is 0 Å². The van der Waals surface area contributed by atoms with E-state index in [9.17, 15) is 9.59 Å². The summed E-state index contributed by atoms with van der Waals surface area (Å²) in [5.41, 5.74) is 0. The summed E-state index contributed by atoms with van der Waals surface area (Å²) in [7, 11) is 0. The molecule has 0 amide bonds. The quantitative estimate of drug-likeness (QED) is 0.0348. The fourth-order valence-corrected chi connectivity index (χ4v) is 7.30.